The molecule has 1 amide bonds. The summed E-state index contributed by atoms with van der Waals surface area (Å²) in [5.74, 6) is -1.04. The number of hydrazone groups is 1. The van der Waals surface area contributed by atoms with E-state index < -0.39 is 35.0 Å². The summed E-state index contributed by atoms with van der Waals surface area (Å²) in [5, 5.41) is 0. The molecule has 2 aromatic rings. The number of alkyl halides is 6. The molecule has 0 saturated carbocycles. The molecule has 0 aliphatic carbocycles. The number of carbonyl (C=O) groups is 1. The van der Waals surface area contributed by atoms with Crippen LogP contribution in [0.5, 0.6) is 0 Å². The van der Waals surface area contributed by atoms with Crippen LogP contribution in [0, 0.1) is 0 Å². The van der Waals surface area contributed by atoms with Gasteiger partial charge in [-0.1, -0.05) is 30.3 Å². The second kappa shape index (κ2) is 7.88. The lowest BCUT2D eigenvalue weighted by molar-refractivity contribution is -0.615. The van der Waals surface area contributed by atoms with Crippen molar-refractivity contribution in [1.29, 1.82) is 0 Å². The molecule has 9 heteroatoms. The van der Waals surface area contributed by atoms with Crippen molar-refractivity contribution in [3.63, 3.8) is 0 Å². The van der Waals surface area contributed by atoms with Crippen molar-refractivity contribution in [3.8, 4) is 0 Å². The zero-order chi connectivity index (χ0) is 21.2. The normalized spacial score (nSPS) is 17.6. The Kier molecular flexibility index (Phi) is 5.68. The van der Waals surface area contributed by atoms with Crippen molar-refractivity contribution in [2.45, 2.75) is 37.7 Å². The number of halogens is 6. The summed E-state index contributed by atoms with van der Waals surface area (Å²) in [6, 6.07) is 9.71. The lowest BCUT2D eigenvalue weighted by atomic mass is 9.99. The summed E-state index contributed by atoms with van der Waals surface area (Å²) < 4.78 is 79.6. The first-order valence-corrected chi connectivity index (χ1v) is 8.83. The van der Waals surface area contributed by atoms with Crippen molar-refractivity contribution < 1.29 is 35.8 Å². The van der Waals surface area contributed by atoms with Crippen molar-refractivity contribution >= 4 is 12.1 Å². The van der Waals surface area contributed by atoms with Crippen LogP contribution in [0.2, 0.25) is 0 Å². The van der Waals surface area contributed by atoms with E-state index in [-0.39, 0.29) is 12.1 Å². The number of nitrogens with zero attached hydrogens (tertiary/aromatic N) is 1. The Morgan fingerprint density at radius 2 is 1.52 bits per heavy atom. The van der Waals surface area contributed by atoms with E-state index in [0.29, 0.717) is 25.0 Å². The minimum atomic E-state index is -5.01. The molecule has 1 unspecified atom stereocenters. The fourth-order valence-electron chi connectivity index (χ4n) is 3.20. The highest BCUT2D eigenvalue weighted by molar-refractivity contribution is 5.94. The highest BCUT2D eigenvalue weighted by Gasteiger charge is 2.38. The minimum Gasteiger partial charge on any atom is -0.264 e. The van der Waals surface area contributed by atoms with Gasteiger partial charge >= 0.3 is 18.3 Å². The summed E-state index contributed by atoms with van der Waals surface area (Å²) in [6.07, 6.45) is -6.21. The Labute approximate surface area is 162 Å². The predicted molar refractivity (Wildman–Crippen MR) is 93.3 cm³/mol. The lowest BCUT2D eigenvalue weighted by Crippen LogP contribution is -2.40. The number of hydrogen-bond donors (Lipinski definition) is 1. The van der Waals surface area contributed by atoms with Gasteiger partial charge in [0.05, 0.1) is 11.1 Å². The molecule has 0 spiro atoms. The SMILES string of the molecule is O=C(N[N+]1=CCCCC1c1ccccc1)c1cc(C(F)(F)F)cc(C(F)(F)F)c1. The van der Waals surface area contributed by atoms with E-state index in [1.165, 1.54) is 4.68 Å². The molecule has 1 atom stereocenters. The molecule has 29 heavy (non-hydrogen) atoms. The average molecular weight is 415 g/mol. The topological polar surface area (TPSA) is 32.1 Å². The van der Waals surface area contributed by atoms with Crippen LogP contribution in [0.25, 0.3) is 0 Å². The van der Waals surface area contributed by atoms with Crippen LogP contribution in [-0.4, -0.2) is 16.8 Å². The Balaban J connectivity index is 1.92. The lowest BCUT2D eigenvalue weighted by Gasteiger charge is -2.19. The number of hydrazine groups is 1. The molecule has 3 rings (SSSR count). The van der Waals surface area contributed by atoms with Crippen LogP contribution in [0.1, 0.15) is 52.4 Å². The number of hydrogen-bond acceptors (Lipinski definition) is 1. The first-order valence-electron chi connectivity index (χ1n) is 8.83. The summed E-state index contributed by atoms with van der Waals surface area (Å²) >= 11 is 0. The smallest absolute Gasteiger partial charge is 0.264 e. The number of amides is 1. The van der Waals surface area contributed by atoms with Crippen LogP contribution in [-0.2, 0) is 12.4 Å². The maximum Gasteiger partial charge on any atom is 0.416 e. The van der Waals surface area contributed by atoms with Crippen molar-refractivity contribution in [2.75, 3.05) is 0 Å². The van der Waals surface area contributed by atoms with Gasteiger partial charge in [-0.05, 0) is 24.6 Å². The third-order valence-corrected chi connectivity index (χ3v) is 4.61. The molecule has 1 aliphatic rings. The van der Waals surface area contributed by atoms with Gasteiger partial charge in [-0.2, -0.15) is 26.3 Å². The van der Waals surface area contributed by atoms with Gasteiger partial charge in [-0.3, -0.25) is 4.79 Å². The summed E-state index contributed by atoms with van der Waals surface area (Å²) in [4.78, 5) is 12.5. The van der Waals surface area contributed by atoms with E-state index >= 15 is 0 Å². The minimum absolute atomic E-state index is 0.00340. The predicted octanol–water partition coefficient (Wildman–Crippen LogP) is 5.38. The Hall–Kier alpha value is -2.84. The maximum atomic E-state index is 13.0. The van der Waals surface area contributed by atoms with Gasteiger partial charge in [-0.15, -0.1) is 10.1 Å². The average Bonchev–Trinajstić information content (AvgIpc) is 2.67. The molecule has 2 aromatic carbocycles. The second-order valence-corrected chi connectivity index (χ2v) is 6.68. The quantitative estimate of drug-likeness (QED) is 0.530. The molecular formula is C20H17F6N2O+. The van der Waals surface area contributed by atoms with Gasteiger partial charge in [0.25, 0.3) is 0 Å². The number of benzene rings is 2. The molecular weight excluding hydrogens is 398 g/mol. The Morgan fingerprint density at radius 1 is 0.931 bits per heavy atom. The van der Waals surface area contributed by atoms with E-state index in [0.717, 1.165) is 12.0 Å². The molecule has 0 radical (unpaired) electrons. The summed E-state index contributed by atoms with van der Waals surface area (Å²) in [7, 11) is 0. The summed E-state index contributed by atoms with van der Waals surface area (Å²) in [6.45, 7) is 0. The van der Waals surface area contributed by atoms with Crippen molar-refractivity contribution in [3.05, 3.63) is 70.8 Å². The molecule has 0 aromatic heterocycles. The van der Waals surface area contributed by atoms with Crippen LogP contribution in [0.4, 0.5) is 26.3 Å². The largest absolute Gasteiger partial charge is 0.416 e. The molecule has 0 bridgehead atoms. The van der Waals surface area contributed by atoms with E-state index in [4.69, 9.17) is 0 Å². The molecule has 1 aliphatic heterocycles. The van der Waals surface area contributed by atoms with Crippen LogP contribution in [0.3, 0.4) is 0 Å². The van der Waals surface area contributed by atoms with Crippen LogP contribution in [0.15, 0.2) is 48.5 Å². The van der Waals surface area contributed by atoms with Crippen molar-refractivity contribution in [1.82, 2.24) is 5.43 Å². The number of carbonyl (C=O) groups excluding carboxylic acids is 1. The third-order valence-electron chi connectivity index (χ3n) is 4.61. The standard InChI is InChI=1S/C20H16F6N2O/c21-19(22,23)15-10-14(11-16(12-15)20(24,25)26)18(29)27-28-9-5-4-8-17(28)13-6-2-1-3-7-13/h1-3,6-7,9-12,17H,4-5,8H2/p+1. The van der Waals surface area contributed by atoms with E-state index in [9.17, 15) is 31.1 Å². The first kappa shape index (κ1) is 20.9. The van der Waals surface area contributed by atoms with E-state index in [1.807, 2.05) is 30.3 Å². The number of nitrogens with one attached hydrogen (secondary N) is 1. The van der Waals surface area contributed by atoms with Gasteiger partial charge in [-0.25, -0.2) is 0 Å². The molecule has 1 N–H and O–H groups in total. The van der Waals surface area contributed by atoms with Gasteiger partial charge in [0, 0.05) is 24.0 Å². The first-order chi connectivity index (χ1) is 13.6. The molecule has 0 saturated heterocycles. The Morgan fingerprint density at radius 3 is 2.07 bits per heavy atom. The van der Waals surface area contributed by atoms with E-state index in [1.54, 1.807) is 6.21 Å². The van der Waals surface area contributed by atoms with Gasteiger partial charge < -0.3 is 0 Å². The highest BCUT2D eigenvalue weighted by atomic mass is 19.4. The molecule has 154 valence electrons. The van der Waals surface area contributed by atoms with Crippen LogP contribution < -0.4 is 5.43 Å². The second-order valence-electron chi connectivity index (χ2n) is 6.68. The monoisotopic (exact) mass is 415 g/mol. The van der Waals surface area contributed by atoms with E-state index in [2.05, 4.69) is 5.43 Å². The fourth-order valence-corrected chi connectivity index (χ4v) is 3.20. The summed E-state index contributed by atoms with van der Waals surface area (Å²) in [5.41, 5.74) is -0.443. The van der Waals surface area contributed by atoms with Gasteiger partial charge in [0.1, 0.15) is 0 Å². The van der Waals surface area contributed by atoms with Crippen molar-refractivity contribution in [2.24, 2.45) is 0 Å². The zero-order valence-electron chi connectivity index (χ0n) is 15.0. The molecule has 0 fully saturated rings. The third kappa shape index (κ3) is 4.96. The fraction of sp³-hybridized carbons (Fsp3) is 0.300. The molecule has 3 nitrogen and oxygen atoms in total. The molecule has 1 heterocycles. The van der Waals surface area contributed by atoms with Gasteiger partial charge in [0.15, 0.2) is 6.21 Å². The number of rotatable bonds is 3. The maximum absolute atomic E-state index is 13.0. The van der Waals surface area contributed by atoms with Crippen LogP contribution >= 0.6 is 0 Å². The highest BCUT2D eigenvalue weighted by Crippen LogP contribution is 2.36. The Bertz CT molecular complexity index is 887. The zero-order valence-corrected chi connectivity index (χ0v) is 15.0. The van der Waals surface area contributed by atoms with Gasteiger partial charge in [0.2, 0.25) is 6.04 Å².